The molecule has 0 aliphatic carbocycles. The predicted molar refractivity (Wildman–Crippen MR) is 112 cm³/mol. The van der Waals surface area contributed by atoms with Gasteiger partial charge >= 0.3 is 0 Å². The van der Waals surface area contributed by atoms with Gasteiger partial charge in [-0.05, 0) is 24.6 Å². The van der Waals surface area contributed by atoms with Gasteiger partial charge in [-0.15, -0.1) is 0 Å². The number of nitrogens with zero attached hydrogens (tertiary/aromatic N) is 2. The van der Waals surface area contributed by atoms with Gasteiger partial charge in [-0.25, -0.2) is 0 Å². The van der Waals surface area contributed by atoms with E-state index in [1.54, 1.807) is 19.1 Å². The molecule has 0 unspecified atom stereocenters. The Balaban J connectivity index is 1.25. The number of para-hydroxylation sites is 2. The van der Waals surface area contributed by atoms with E-state index >= 15 is 0 Å². The van der Waals surface area contributed by atoms with Gasteiger partial charge < -0.3 is 19.7 Å². The fourth-order valence-electron chi connectivity index (χ4n) is 3.76. The molecular formula is C23H27N3O4. The number of carbonyl (C=O) groups is 2. The van der Waals surface area contributed by atoms with E-state index in [0.717, 1.165) is 19.6 Å². The highest BCUT2D eigenvalue weighted by Gasteiger charge is 2.31. The molecule has 7 heteroatoms. The first kappa shape index (κ1) is 20.2. The second-order valence-electron chi connectivity index (χ2n) is 7.68. The summed E-state index contributed by atoms with van der Waals surface area (Å²) in [6, 6.07) is 17.0. The van der Waals surface area contributed by atoms with Crippen LogP contribution >= 0.6 is 0 Å². The van der Waals surface area contributed by atoms with Crippen LogP contribution < -0.4 is 14.8 Å². The molecule has 0 radical (unpaired) electrons. The molecule has 2 aliphatic heterocycles. The van der Waals surface area contributed by atoms with Gasteiger partial charge in [0.15, 0.2) is 11.5 Å². The van der Waals surface area contributed by atoms with Gasteiger partial charge in [0.25, 0.3) is 5.91 Å². The smallest absolute Gasteiger partial charge is 0.265 e. The number of hydrogen-bond donors (Lipinski definition) is 1. The Bertz CT molecular complexity index is 881. The molecule has 2 atom stereocenters. The standard InChI is InChI=1S/C23H27N3O4/c1-17(24-22(27)21-16-29-19-9-5-6-10-20(19)30-21)23(28)26-13-11-25(12-14-26)15-18-7-3-2-4-8-18/h2-10,17,21H,11-16H2,1H3,(H,24,27)/t17-,21+/m0/s1. The molecule has 4 rings (SSSR count). The molecule has 2 aromatic rings. The lowest BCUT2D eigenvalue weighted by molar-refractivity contribution is -0.140. The Kier molecular flexibility index (Phi) is 6.18. The summed E-state index contributed by atoms with van der Waals surface area (Å²) in [5.41, 5.74) is 1.27. The van der Waals surface area contributed by atoms with Crippen molar-refractivity contribution in [3.63, 3.8) is 0 Å². The Labute approximate surface area is 176 Å². The van der Waals surface area contributed by atoms with Crippen LogP contribution in [0.1, 0.15) is 12.5 Å². The summed E-state index contributed by atoms with van der Waals surface area (Å²) in [7, 11) is 0. The van der Waals surface area contributed by atoms with Crippen molar-refractivity contribution in [3.8, 4) is 11.5 Å². The first-order valence-electron chi connectivity index (χ1n) is 10.3. The molecule has 2 aliphatic rings. The maximum Gasteiger partial charge on any atom is 0.265 e. The van der Waals surface area contributed by atoms with Crippen LogP contribution in [-0.2, 0) is 16.1 Å². The molecule has 158 valence electrons. The van der Waals surface area contributed by atoms with Crippen molar-refractivity contribution in [1.29, 1.82) is 0 Å². The average molecular weight is 409 g/mol. The lowest BCUT2D eigenvalue weighted by Crippen LogP contribution is -2.56. The molecule has 2 amide bonds. The van der Waals surface area contributed by atoms with Crippen molar-refractivity contribution < 1.29 is 19.1 Å². The normalized spacial score (nSPS) is 19.8. The van der Waals surface area contributed by atoms with E-state index in [2.05, 4.69) is 22.3 Å². The summed E-state index contributed by atoms with van der Waals surface area (Å²) in [6.07, 6.45) is -0.766. The topological polar surface area (TPSA) is 71.1 Å². The largest absolute Gasteiger partial charge is 0.485 e. The second kappa shape index (κ2) is 9.17. The SMILES string of the molecule is C[C@H](NC(=O)[C@H]1COc2ccccc2O1)C(=O)N1CCN(Cc2ccccc2)CC1. The summed E-state index contributed by atoms with van der Waals surface area (Å²) in [5, 5.41) is 2.78. The molecule has 1 saturated heterocycles. The first-order valence-corrected chi connectivity index (χ1v) is 10.3. The fourth-order valence-corrected chi connectivity index (χ4v) is 3.76. The zero-order valence-corrected chi connectivity index (χ0v) is 17.1. The van der Waals surface area contributed by atoms with Gasteiger partial charge in [-0.2, -0.15) is 0 Å². The number of nitrogens with one attached hydrogen (secondary N) is 1. The zero-order valence-electron chi connectivity index (χ0n) is 17.1. The minimum Gasteiger partial charge on any atom is -0.485 e. The lowest BCUT2D eigenvalue weighted by atomic mass is 10.2. The molecule has 2 heterocycles. The third-order valence-corrected chi connectivity index (χ3v) is 5.46. The summed E-state index contributed by atoms with van der Waals surface area (Å²) in [5.74, 6) is 0.754. The van der Waals surface area contributed by atoms with Crippen LogP contribution in [0.4, 0.5) is 0 Å². The van der Waals surface area contributed by atoms with E-state index in [-0.39, 0.29) is 18.4 Å². The Hall–Kier alpha value is -3.06. The number of piperazine rings is 1. The predicted octanol–water partition coefficient (Wildman–Crippen LogP) is 1.68. The molecule has 7 nitrogen and oxygen atoms in total. The quantitative estimate of drug-likeness (QED) is 0.814. The molecule has 0 saturated carbocycles. The van der Waals surface area contributed by atoms with E-state index in [9.17, 15) is 9.59 Å². The molecule has 1 fully saturated rings. The van der Waals surface area contributed by atoms with Gasteiger partial charge in [-0.1, -0.05) is 42.5 Å². The highest BCUT2D eigenvalue weighted by molar-refractivity contribution is 5.89. The van der Waals surface area contributed by atoms with Gasteiger partial charge in [0.2, 0.25) is 12.0 Å². The van der Waals surface area contributed by atoms with Crippen molar-refractivity contribution in [2.45, 2.75) is 25.6 Å². The number of carbonyl (C=O) groups excluding carboxylic acids is 2. The van der Waals surface area contributed by atoms with E-state index in [4.69, 9.17) is 9.47 Å². The third-order valence-electron chi connectivity index (χ3n) is 5.46. The van der Waals surface area contributed by atoms with Gasteiger partial charge in [-0.3, -0.25) is 14.5 Å². The van der Waals surface area contributed by atoms with Gasteiger partial charge in [0.05, 0.1) is 0 Å². The van der Waals surface area contributed by atoms with Crippen molar-refractivity contribution >= 4 is 11.8 Å². The van der Waals surface area contributed by atoms with Crippen molar-refractivity contribution in [1.82, 2.24) is 15.1 Å². The number of hydrogen-bond acceptors (Lipinski definition) is 5. The number of ether oxygens (including phenoxy) is 2. The highest BCUT2D eigenvalue weighted by atomic mass is 16.6. The molecule has 30 heavy (non-hydrogen) atoms. The van der Waals surface area contributed by atoms with Crippen molar-refractivity contribution in [2.75, 3.05) is 32.8 Å². The summed E-state index contributed by atoms with van der Waals surface area (Å²) >= 11 is 0. The van der Waals surface area contributed by atoms with Crippen LogP contribution in [0.15, 0.2) is 54.6 Å². The van der Waals surface area contributed by atoms with Gasteiger partial charge in [0.1, 0.15) is 12.6 Å². The number of fused-ring (bicyclic) bond motifs is 1. The number of amides is 2. The molecule has 1 N–H and O–H groups in total. The lowest BCUT2D eigenvalue weighted by Gasteiger charge is -2.36. The maximum atomic E-state index is 12.8. The summed E-state index contributed by atoms with van der Waals surface area (Å²) < 4.78 is 11.3. The molecule has 0 spiro atoms. The highest BCUT2D eigenvalue weighted by Crippen LogP contribution is 2.30. The third kappa shape index (κ3) is 4.74. The van der Waals surface area contributed by atoms with Crippen molar-refractivity contribution in [2.24, 2.45) is 0 Å². The van der Waals surface area contributed by atoms with Crippen LogP contribution in [0.25, 0.3) is 0 Å². The molecule has 0 bridgehead atoms. The van der Waals surface area contributed by atoms with E-state index < -0.39 is 12.1 Å². The van der Waals surface area contributed by atoms with Crippen LogP contribution in [0.5, 0.6) is 11.5 Å². The van der Waals surface area contributed by atoms with Gasteiger partial charge in [0, 0.05) is 32.7 Å². The summed E-state index contributed by atoms with van der Waals surface area (Å²) in [6.45, 7) is 5.67. The van der Waals surface area contributed by atoms with Crippen LogP contribution in [-0.4, -0.2) is 66.5 Å². The Morgan fingerprint density at radius 1 is 1.00 bits per heavy atom. The minimum absolute atomic E-state index is 0.0696. The second-order valence-corrected chi connectivity index (χ2v) is 7.68. The molecule has 0 aromatic heterocycles. The fraction of sp³-hybridized carbons (Fsp3) is 0.391. The molecular weight excluding hydrogens is 382 g/mol. The Morgan fingerprint density at radius 3 is 2.40 bits per heavy atom. The zero-order chi connectivity index (χ0) is 20.9. The Morgan fingerprint density at radius 2 is 1.67 bits per heavy atom. The summed E-state index contributed by atoms with van der Waals surface area (Å²) in [4.78, 5) is 29.5. The minimum atomic E-state index is -0.766. The number of benzene rings is 2. The first-order chi connectivity index (χ1) is 14.6. The van der Waals surface area contributed by atoms with Crippen LogP contribution in [0.2, 0.25) is 0 Å². The maximum absolute atomic E-state index is 12.8. The monoisotopic (exact) mass is 409 g/mol. The van der Waals surface area contributed by atoms with Crippen LogP contribution in [0, 0.1) is 0 Å². The number of rotatable bonds is 5. The van der Waals surface area contributed by atoms with E-state index in [0.29, 0.717) is 24.6 Å². The van der Waals surface area contributed by atoms with Crippen LogP contribution in [0.3, 0.4) is 0 Å². The average Bonchev–Trinajstić information content (AvgIpc) is 2.79. The van der Waals surface area contributed by atoms with E-state index in [1.165, 1.54) is 5.56 Å². The molecule has 2 aromatic carbocycles. The van der Waals surface area contributed by atoms with Crippen molar-refractivity contribution in [3.05, 3.63) is 60.2 Å². The van der Waals surface area contributed by atoms with E-state index in [1.807, 2.05) is 35.2 Å².